The zero-order valence-corrected chi connectivity index (χ0v) is 55.3. The van der Waals surface area contributed by atoms with Gasteiger partial charge in [-0.25, -0.2) is 0 Å². The molecule has 2 aromatic rings. The largest absolute Gasteiger partial charge is 0.427 e. The van der Waals surface area contributed by atoms with Gasteiger partial charge in [-0.05, 0) is 68.2 Å². The number of benzene rings is 2. The summed E-state index contributed by atoms with van der Waals surface area (Å²) in [5.41, 5.74) is 40.6. The molecule has 3 unspecified atom stereocenters. The molecule has 3 saturated heterocycles. The topological polar surface area (TPSA) is 575 Å². The van der Waals surface area contributed by atoms with Crippen molar-refractivity contribution in [2.75, 3.05) is 44.4 Å². The minimum absolute atomic E-state index is 0.0187. The fourth-order valence-electron chi connectivity index (χ4n) is 10.6. The lowest BCUT2D eigenvalue weighted by molar-refractivity contribution is -0.265. The molecule has 0 aromatic heterocycles. The Morgan fingerprint density at radius 3 is 1.92 bits per heavy atom. The van der Waals surface area contributed by atoms with Crippen molar-refractivity contribution in [3.8, 4) is 5.75 Å². The molecule has 0 spiro atoms. The predicted molar refractivity (Wildman–Crippen MR) is 353 cm³/mol. The van der Waals surface area contributed by atoms with Crippen molar-refractivity contribution in [3.05, 3.63) is 65.7 Å². The molecule has 34 nitrogen and oxygen atoms in total. The number of unbranched alkanes of at least 4 members (excludes halogenated alkanes) is 5. The second kappa shape index (κ2) is 41.1. The summed E-state index contributed by atoms with van der Waals surface area (Å²) in [6.45, 7) is -0.736. The first-order chi connectivity index (χ1) is 46.2. The van der Waals surface area contributed by atoms with Gasteiger partial charge in [0.15, 0.2) is 12.2 Å². The number of primary amides is 3. The van der Waals surface area contributed by atoms with E-state index in [1.165, 1.54) is 17.0 Å². The van der Waals surface area contributed by atoms with Gasteiger partial charge in [-0.3, -0.25) is 62.5 Å². The van der Waals surface area contributed by atoms with Crippen LogP contribution in [0.15, 0.2) is 59.6 Å². The third-order valence-electron chi connectivity index (χ3n) is 15.9. The molecule has 0 bridgehead atoms. The number of amides is 11. The summed E-state index contributed by atoms with van der Waals surface area (Å²) in [5.74, 6) is -11.1. The van der Waals surface area contributed by atoms with Gasteiger partial charge in [0.05, 0.1) is 31.7 Å². The normalized spacial score (nSPS) is 24.9. The highest BCUT2D eigenvalue weighted by Crippen LogP contribution is 2.27. The Kier molecular flexibility index (Phi) is 33.7. The minimum Gasteiger partial charge on any atom is -0.427 e. The number of rotatable bonds is 31. The molecule has 97 heavy (non-hydrogen) atoms. The summed E-state index contributed by atoms with van der Waals surface area (Å²) in [4.78, 5) is 168. The van der Waals surface area contributed by atoms with Crippen molar-refractivity contribution in [2.24, 2.45) is 45.1 Å². The standard InChI is InChI=1S/C61H92N16O18S2/c62-36-31-96-97-32-42(59(92)77-24-11-15-43(77)58(91)72-37(14-10-23-69-61(67)68)53(86)70-29-47(65)81)76-57(90)41(28-46(64)80)75-54(87)38(21-22-45(63)79)71-55(88)40(26-33-12-6-5-7-13-33)74-56(89)39(73-52(36)85)27-34-17-19-35(20-18-34)94-48(82)16-8-3-1-2-4-9-25-93-60-49(66)51(84)50(83)44(30-78)95-60/h5-7,12-13,17-20,36-44,49-51,60,78,83-84H,1-4,8-11,14-16,21-32,62,66H2,(H2,63,79)(H2,64,80)(H2,65,81)(H,70,86)(H,71,88)(H,72,91)(H,73,85)(H,74,89)(H,75,87)(H,76,90)(H4,67,68,69)/t36-,37-,38-,39?,40?,41-,42?,43-,44+,49+,50+,51+,60-/m0/s1. The Labute approximate surface area is 568 Å². The van der Waals surface area contributed by atoms with E-state index in [1.54, 1.807) is 42.5 Å². The van der Waals surface area contributed by atoms with Crippen LogP contribution in [-0.2, 0) is 79.8 Å². The predicted octanol–water partition coefficient (Wildman–Crippen LogP) is -5.69. The van der Waals surface area contributed by atoms with Crippen molar-refractivity contribution >= 4 is 98.5 Å². The number of likely N-dealkylation sites (tertiary alicyclic amines) is 1. The number of aliphatic hydroxyl groups excluding tert-OH is 3. The lowest BCUT2D eigenvalue weighted by Crippen LogP contribution is -2.62. The molecule has 36 heteroatoms. The van der Waals surface area contributed by atoms with E-state index in [-0.39, 0.29) is 87.9 Å². The number of carbonyl (C=O) groups excluding carboxylic acids is 12. The second-order valence-electron chi connectivity index (χ2n) is 23.6. The fraction of sp³-hybridized carbons (Fsp3) is 0.590. The Bertz CT molecular complexity index is 3030. The number of carbonyl (C=O) groups is 12. The first-order valence-corrected chi connectivity index (χ1v) is 34.4. The number of ether oxygens (including phenoxy) is 3. The van der Waals surface area contributed by atoms with Gasteiger partial charge >= 0.3 is 5.97 Å². The smallest absolute Gasteiger partial charge is 0.311 e. The molecule has 5 rings (SSSR count). The van der Waals surface area contributed by atoms with Crippen LogP contribution in [0.1, 0.15) is 101 Å². The molecule has 0 radical (unpaired) electrons. The third-order valence-corrected chi connectivity index (χ3v) is 18.3. The Morgan fingerprint density at radius 2 is 1.28 bits per heavy atom. The number of nitrogens with zero attached hydrogens (tertiary/aromatic N) is 2. The average molecular weight is 1400 g/mol. The van der Waals surface area contributed by atoms with Gasteiger partial charge in [-0.15, -0.1) is 0 Å². The van der Waals surface area contributed by atoms with Crippen molar-refractivity contribution in [1.29, 1.82) is 0 Å². The molecule has 3 aliphatic heterocycles. The molecule has 3 aliphatic rings. The van der Waals surface area contributed by atoms with E-state index in [2.05, 4.69) is 42.2 Å². The van der Waals surface area contributed by atoms with Crippen LogP contribution < -0.4 is 82.1 Å². The zero-order chi connectivity index (χ0) is 71.1. The van der Waals surface area contributed by atoms with Gasteiger partial charge in [0.2, 0.25) is 65.0 Å². The maximum atomic E-state index is 14.8. The first kappa shape index (κ1) is 79.5. The molecule has 0 aliphatic carbocycles. The number of esters is 1. The van der Waals surface area contributed by atoms with Crippen LogP contribution >= 0.6 is 21.6 Å². The highest BCUT2D eigenvalue weighted by Gasteiger charge is 2.44. The highest BCUT2D eigenvalue weighted by atomic mass is 33.1. The number of nitrogens with one attached hydrogen (secondary N) is 7. The molecule has 13 atom stereocenters. The molecule has 3 fully saturated rings. The number of nitrogens with two attached hydrogens (primary N) is 7. The van der Waals surface area contributed by atoms with Crippen molar-refractivity contribution < 1.29 is 87.1 Å². The van der Waals surface area contributed by atoms with Crippen LogP contribution in [0.4, 0.5) is 0 Å². The molecule has 0 saturated carbocycles. The molecule has 2 aromatic carbocycles. The van der Waals surface area contributed by atoms with Crippen LogP contribution in [0.25, 0.3) is 0 Å². The lowest BCUT2D eigenvalue weighted by Gasteiger charge is -2.40. The van der Waals surface area contributed by atoms with Crippen molar-refractivity contribution in [1.82, 2.24) is 42.1 Å². The summed E-state index contributed by atoms with van der Waals surface area (Å²) in [6.07, 6.45) is -1.84. The molecule has 24 N–H and O–H groups in total. The quantitative estimate of drug-likeness (QED) is 0.00835. The number of aliphatic hydroxyl groups is 3. The van der Waals surface area contributed by atoms with Crippen molar-refractivity contribution in [3.63, 3.8) is 0 Å². The van der Waals surface area contributed by atoms with E-state index in [1.807, 2.05) is 0 Å². The maximum Gasteiger partial charge on any atom is 0.311 e. The van der Waals surface area contributed by atoms with Crippen LogP contribution in [0, 0.1) is 0 Å². The van der Waals surface area contributed by atoms with Gasteiger partial charge in [0.1, 0.15) is 66.4 Å². The minimum atomic E-state index is -1.83. The Hall–Kier alpha value is -8.23. The number of hydrogen-bond donors (Lipinski definition) is 17. The van der Waals surface area contributed by atoms with Gasteiger partial charge in [-0.1, -0.05) is 89.7 Å². The second-order valence-corrected chi connectivity index (χ2v) is 26.1. The van der Waals surface area contributed by atoms with E-state index in [9.17, 15) is 72.9 Å². The van der Waals surface area contributed by atoms with E-state index in [0.717, 1.165) is 47.3 Å². The van der Waals surface area contributed by atoms with Crippen LogP contribution in [0.2, 0.25) is 0 Å². The number of hydrogen-bond acceptors (Lipinski definition) is 23. The summed E-state index contributed by atoms with van der Waals surface area (Å²) >= 11 is 0. The van der Waals surface area contributed by atoms with Crippen LogP contribution in [0.5, 0.6) is 5.75 Å². The Morgan fingerprint density at radius 1 is 0.680 bits per heavy atom. The van der Waals surface area contributed by atoms with Crippen LogP contribution in [0.3, 0.4) is 0 Å². The van der Waals surface area contributed by atoms with E-state index >= 15 is 0 Å². The molecule has 536 valence electrons. The van der Waals surface area contributed by atoms with Crippen molar-refractivity contribution in [2.45, 2.75) is 182 Å². The number of aliphatic imine (C=N–C) groups is 1. The Balaban J connectivity index is 1.34. The van der Waals surface area contributed by atoms with Crippen LogP contribution in [-0.4, -0.2) is 220 Å². The average Bonchev–Trinajstić information content (AvgIpc) is 1.81. The molecule has 3 heterocycles. The van der Waals surface area contributed by atoms with Gasteiger partial charge in [-0.2, -0.15) is 0 Å². The zero-order valence-electron chi connectivity index (χ0n) is 53.7. The van der Waals surface area contributed by atoms with Gasteiger partial charge in [0.25, 0.3) is 0 Å². The number of guanidine groups is 1. The third kappa shape index (κ3) is 27.3. The summed E-state index contributed by atoms with van der Waals surface area (Å²) < 4.78 is 16.7. The van der Waals surface area contributed by atoms with E-state index in [0.29, 0.717) is 24.0 Å². The van der Waals surface area contributed by atoms with Gasteiger partial charge in [0, 0.05) is 56.9 Å². The first-order valence-electron chi connectivity index (χ1n) is 31.9. The SMILES string of the molecule is NC(=O)CC[C@@H]1NC(=O)C(Cc2ccccc2)NC(=O)C(Cc2ccc(OC(=O)CCCCCCCCO[C@H]3O[C@H](CO)[C@@H](O)[C@H](O)[C@H]3N)cc2)NC(=O)[C@@H](N)CSSCC(C(=O)N2CCC[C@H]2C(=O)N[C@@H](CCCN=C(N)N)C(=O)NCC(N)=O)NC(=O)[C@H](CC(N)=O)NC1=O. The summed E-state index contributed by atoms with van der Waals surface area (Å²) in [5, 5.41) is 47.4. The molecule has 11 amide bonds. The van der Waals surface area contributed by atoms with E-state index < -0.39 is 182 Å². The monoisotopic (exact) mass is 1400 g/mol. The molecular formula is C61H92N16O18S2. The van der Waals surface area contributed by atoms with Gasteiger partial charge < -0.3 is 112 Å². The maximum absolute atomic E-state index is 14.8. The summed E-state index contributed by atoms with van der Waals surface area (Å²) in [6, 6.07) is 1.71. The highest BCUT2D eigenvalue weighted by molar-refractivity contribution is 8.76. The molecular weight excluding hydrogens is 1310 g/mol. The van der Waals surface area contributed by atoms with E-state index in [4.69, 9.17) is 54.3 Å². The summed E-state index contributed by atoms with van der Waals surface area (Å²) in [7, 11) is 1.95. The fourth-order valence-corrected chi connectivity index (χ4v) is 12.9. The lowest BCUT2D eigenvalue weighted by atomic mass is 9.98.